The van der Waals surface area contributed by atoms with Crippen LogP contribution in [0.5, 0.6) is 5.75 Å². The van der Waals surface area contributed by atoms with Gasteiger partial charge in [0, 0.05) is 50.1 Å². The number of alkyl carbamates (subject to hydrolysis) is 2. The summed E-state index contributed by atoms with van der Waals surface area (Å²) in [6.07, 6.45) is 5.08. The number of carbonyl (C=O) groups is 4. The summed E-state index contributed by atoms with van der Waals surface area (Å²) in [6, 6.07) is 9.27. The maximum atomic E-state index is 13.6. The van der Waals surface area contributed by atoms with E-state index in [1.165, 1.54) is 14.2 Å². The Morgan fingerprint density at radius 2 is 1.18 bits per heavy atom. The molecule has 0 spiro atoms. The van der Waals surface area contributed by atoms with Crippen LogP contribution in [0.1, 0.15) is 77.1 Å². The SMILES string of the molecule is COC(=O)N[C@H](C(=O)N1CCC[C@H]1c1ncc(-c2ccc(-c3ccc(-c4cnc([C@@H]5CCCN5C(=O)[C@@H](NC(=O)OC)C(C)C)[nH]4)c(O)c3N)cc2)[nH]1)C(C)C.[CH2-]I.[I][V][I].[In]. The molecule has 2 aliphatic heterocycles. The van der Waals surface area contributed by atoms with Crippen LogP contribution in [-0.2, 0) is 28.5 Å². The number of imidazole rings is 2. The number of phenolic OH excluding ortho intramolecular Hbond substituents is 1. The Hall–Kier alpha value is -2.42. The van der Waals surface area contributed by atoms with Gasteiger partial charge in [-0.15, -0.1) is 0 Å². The molecule has 2 fully saturated rings. The van der Waals surface area contributed by atoms with Crippen LogP contribution in [0.3, 0.4) is 0 Å². The molecule has 0 aliphatic carbocycles. The molecule has 7 N–H and O–H groups in total. The van der Waals surface area contributed by atoms with Crippen molar-refractivity contribution in [3.63, 3.8) is 0 Å². The molecule has 334 valence electrons. The molecule has 6 rings (SSSR count). The molecule has 0 unspecified atom stereocenters. The number of nitrogens with zero attached hydrogens (tertiary/aromatic N) is 4. The molecule has 2 saturated heterocycles. The quantitative estimate of drug-likeness (QED) is 0.0367. The van der Waals surface area contributed by atoms with Crippen LogP contribution in [0, 0.1) is 16.8 Å². The monoisotopic (exact) mass is 1330 g/mol. The number of amides is 4. The van der Waals surface area contributed by atoms with Crippen molar-refractivity contribution in [2.24, 2.45) is 11.8 Å². The molecule has 2 aromatic carbocycles. The van der Waals surface area contributed by atoms with Crippen molar-refractivity contribution in [2.75, 3.05) is 33.0 Å². The summed E-state index contributed by atoms with van der Waals surface area (Å²) in [4.78, 5) is 73.6. The van der Waals surface area contributed by atoms with E-state index in [2.05, 4.69) is 75.5 Å². The van der Waals surface area contributed by atoms with Gasteiger partial charge >= 0.3 is 61.6 Å². The van der Waals surface area contributed by atoms with Crippen molar-refractivity contribution >= 4 is 118 Å². The minimum atomic E-state index is -0.748. The van der Waals surface area contributed by atoms with Crippen LogP contribution in [0.15, 0.2) is 48.8 Å². The fourth-order valence-corrected chi connectivity index (χ4v) is 7.59. The number of hydrogen-bond donors (Lipinski definition) is 6. The number of aromatic hydroxyl groups is 1. The van der Waals surface area contributed by atoms with Gasteiger partial charge in [0.25, 0.3) is 0 Å². The van der Waals surface area contributed by atoms with Crippen molar-refractivity contribution in [3.8, 4) is 39.4 Å². The minimum Gasteiger partial charge on any atom is 0 e. The third-order valence-electron chi connectivity index (χ3n) is 10.7. The number of rotatable bonds is 11. The summed E-state index contributed by atoms with van der Waals surface area (Å²) in [6.45, 7) is 8.57. The summed E-state index contributed by atoms with van der Waals surface area (Å²) >= 11 is 6.64. The second-order valence-corrected chi connectivity index (χ2v) is 26.8. The molecular weight excluding hydrogens is 1280 g/mol. The minimum absolute atomic E-state index is 0. The first-order valence-corrected chi connectivity index (χ1v) is 30.1. The molecule has 62 heavy (non-hydrogen) atoms. The fourth-order valence-electron chi connectivity index (χ4n) is 7.59. The largest absolute Gasteiger partial charge is 0 e. The second kappa shape index (κ2) is 25.9. The predicted molar refractivity (Wildman–Crippen MR) is 262 cm³/mol. The Morgan fingerprint density at radius 1 is 0.774 bits per heavy atom. The van der Waals surface area contributed by atoms with Gasteiger partial charge in [0.2, 0.25) is 11.8 Å². The smallest absolute Gasteiger partial charge is 0 e. The van der Waals surface area contributed by atoms with Crippen LogP contribution in [-0.4, -0.2) is 124 Å². The number of phenols is 1. The van der Waals surface area contributed by atoms with Crippen molar-refractivity contribution in [3.05, 3.63) is 65.4 Å². The predicted octanol–water partition coefficient (Wildman–Crippen LogP) is 8.11. The number of aromatic nitrogens is 4. The third-order valence-corrected chi connectivity index (χ3v) is 10.7. The van der Waals surface area contributed by atoms with Crippen LogP contribution in [0.2, 0.25) is 0 Å². The number of nitrogen functional groups attached to an aromatic ring is 1. The van der Waals surface area contributed by atoms with Gasteiger partial charge in [0.05, 0.1) is 55.8 Å². The first kappa shape index (κ1) is 53.9. The number of likely N-dealkylation sites (tertiary alicyclic amines) is 2. The molecule has 21 heteroatoms. The van der Waals surface area contributed by atoms with Gasteiger partial charge < -0.3 is 73.3 Å². The molecule has 2 aliphatic rings. The van der Waals surface area contributed by atoms with Gasteiger partial charge in [-0.25, -0.2) is 19.6 Å². The molecule has 4 atom stereocenters. The summed E-state index contributed by atoms with van der Waals surface area (Å²) in [5.41, 5.74) is 10.8. The van der Waals surface area contributed by atoms with Gasteiger partial charge in [-0.05, 0) is 54.7 Å². The van der Waals surface area contributed by atoms with Crippen LogP contribution >= 0.6 is 62.5 Å². The number of benzene rings is 2. The summed E-state index contributed by atoms with van der Waals surface area (Å²) in [5, 5.41) is 16.6. The van der Waals surface area contributed by atoms with E-state index >= 15 is 0 Å². The van der Waals surface area contributed by atoms with E-state index in [0.717, 1.165) is 36.1 Å². The van der Waals surface area contributed by atoms with E-state index in [4.69, 9.17) is 15.2 Å². The van der Waals surface area contributed by atoms with Crippen molar-refractivity contribution in [1.82, 2.24) is 40.4 Å². The molecule has 0 saturated carbocycles. The number of anilines is 1. The Labute approximate surface area is 424 Å². The van der Waals surface area contributed by atoms with E-state index in [-0.39, 0.29) is 73.0 Å². The molecule has 0 bridgehead atoms. The van der Waals surface area contributed by atoms with Crippen LogP contribution in [0.4, 0.5) is 15.3 Å². The Bertz CT molecular complexity index is 2110. The van der Waals surface area contributed by atoms with Crippen LogP contribution in [0.25, 0.3) is 33.6 Å². The van der Waals surface area contributed by atoms with E-state index in [1.54, 1.807) is 28.3 Å². The van der Waals surface area contributed by atoms with Gasteiger partial charge in [0.15, 0.2) is 0 Å². The molecule has 16 nitrogen and oxygen atoms in total. The molecule has 4 amide bonds. The second-order valence-electron chi connectivity index (χ2n) is 15.0. The summed E-state index contributed by atoms with van der Waals surface area (Å²) in [5.74, 6) is 0.483. The number of nitrogens with one attached hydrogen (secondary N) is 4. The molecule has 4 aromatic rings. The van der Waals surface area contributed by atoms with Gasteiger partial charge in [-0.3, -0.25) is 14.5 Å². The summed E-state index contributed by atoms with van der Waals surface area (Å²) < 4.78 is 9.48. The maximum Gasteiger partial charge on any atom is 0 e. The topological polar surface area (TPSA) is 221 Å². The molecular formula is C41H53I3InN9O7V-. The summed E-state index contributed by atoms with van der Waals surface area (Å²) in [7, 11) is 3.16. The van der Waals surface area contributed by atoms with Crippen molar-refractivity contribution in [1.29, 1.82) is 0 Å². The Morgan fingerprint density at radius 3 is 1.61 bits per heavy atom. The number of hydrogen-bond acceptors (Lipinski definition) is 10. The number of nitrogens with two attached hydrogens (primary N) is 1. The number of H-pyrrole nitrogens is 2. The van der Waals surface area contributed by atoms with E-state index < -0.39 is 24.3 Å². The van der Waals surface area contributed by atoms with E-state index in [0.29, 0.717) is 57.4 Å². The average Bonchev–Trinajstić information content (AvgIpc) is 4.10. The number of carbonyl (C=O) groups excluding carboxylic acids is 4. The average molecular weight is 1330 g/mol. The van der Waals surface area contributed by atoms with E-state index in [1.807, 2.05) is 80.6 Å². The zero-order valence-corrected chi connectivity index (χ0v) is 46.6. The zero-order valence-electron chi connectivity index (χ0n) is 35.5. The molecule has 3 radical (unpaired) electrons. The number of aromatic amines is 2. The number of methoxy groups -OCH3 is 2. The zero-order chi connectivity index (χ0) is 45.0. The molecule has 4 heterocycles. The Kier molecular flexibility index (Phi) is 22.5. The first-order chi connectivity index (χ1) is 29.2. The Balaban J connectivity index is 0.00000163. The third kappa shape index (κ3) is 13.1. The number of halogens is 3. The normalized spacial score (nSPS) is 16.5. The van der Waals surface area contributed by atoms with Gasteiger partial charge in [-0.2, -0.15) is 0 Å². The van der Waals surface area contributed by atoms with Gasteiger partial charge in [0.1, 0.15) is 29.5 Å². The maximum absolute atomic E-state index is 13.6. The number of ether oxygens (including phenoxy) is 2. The standard InChI is InChI=1S/C40H51N9O7.CH2I.2HI.In.V/c1-21(2)32(46-39(53)55-5)37(51)48-17-7-9-29(48)35-42-19-27(44-35)24-13-11-23(12-14-24)25-15-16-26(34(50)31(25)41)28-20-43-36(45-28)30-10-8-18-49(30)38(52)33(22(3)4)47-40(54)56-6;1-2;;;;/h11-16,19-22,29-30,32-33,50H,7-10,17-18,41H2,1-6H3,(H,42,44)(H,43,45)(H,46,53)(H,47,54);1H2;2*1H;;/q;-1;;;;+2/p-2/t29-,30-,32-,33-;;;;;/m0...../s1. The first-order valence-electron chi connectivity index (χ1n) is 19.6. The fraction of sp³-hybridized carbons (Fsp3) is 0.439. The molecule has 2 aromatic heterocycles. The van der Waals surface area contributed by atoms with Crippen molar-refractivity contribution < 1.29 is 43.2 Å². The van der Waals surface area contributed by atoms with E-state index in [9.17, 15) is 24.3 Å². The van der Waals surface area contributed by atoms with Gasteiger partial charge in [-0.1, -0.05) is 58.0 Å². The van der Waals surface area contributed by atoms with Crippen molar-refractivity contribution in [2.45, 2.75) is 77.5 Å². The van der Waals surface area contributed by atoms with Crippen LogP contribution < -0.4 is 16.4 Å².